The minimum atomic E-state index is 0.765. The van der Waals surface area contributed by atoms with E-state index < -0.39 is 0 Å². The normalized spacial score (nSPS) is 31.7. The van der Waals surface area contributed by atoms with Crippen LogP contribution in [0.3, 0.4) is 0 Å². The van der Waals surface area contributed by atoms with E-state index >= 15 is 0 Å². The van der Waals surface area contributed by atoms with E-state index in [4.69, 9.17) is 0 Å². The molecule has 3 unspecified atom stereocenters. The van der Waals surface area contributed by atoms with E-state index in [1.54, 1.807) is 0 Å². The van der Waals surface area contributed by atoms with E-state index in [1.807, 2.05) is 0 Å². The summed E-state index contributed by atoms with van der Waals surface area (Å²) in [7, 11) is 0. The molecule has 0 amide bonds. The van der Waals surface area contributed by atoms with E-state index in [0.29, 0.717) is 0 Å². The van der Waals surface area contributed by atoms with Gasteiger partial charge >= 0.3 is 0 Å². The summed E-state index contributed by atoms with van der Waals surface area (Å²) in [6.45, 7) is 5.93. The lowest BCUT2D eigenvalue weighted by Crippen LogP contribution is -2.45. The first kappa shape index (κ1) is 15.1. The second-order valence-electron chi connectivity index (χ2n) is 5.86. The Bertz CT molecular complexity index is 229. The highest BCUT2D eigenvalue weighted by atomic mass is 32.2. The quantitative estimate of drug-likeness (QED) is 0.787. The Morgan fingerprint density at radius 1 is 1.17 bits per heavy atom. The van der Waals surface area contributed by atoms with Gasteiger partial charge in [-0.3, -0.25) is 0 Å². The summed E-state index contributed by atoms with van der Waals surface area (Å²) in [4.78, 5) is 0. The molecule has 1 N–H and O–H groups in total. The molecule has 1 aliphatic carbocycles. The molecule has 0 spiro atoms. The van der Waals surface area contributed by atoms with Crippen LogP contribution in [-0.4, -0.2) is 34.6 Å². The Kier molecular flexibility index (Phi) is 6.74. The molecule has 3 heteroatoms. The van der Waals surface area contributed by atoms with Crippen LogP contribution < -0.4 is 5.32 Å². The molecule has 1 saturated carbocycles. The predicted molar refractivity (Wildman–Crippen MR) is 86.8 cm³/mol. The summed E-state index contributed by atoms with van der Waals surface area (Å²) >= 11 is 4.41. The van der Waals surface area contributed by atoms with Gasteiger partial charge in [-0.2, -0.15) is 23.5 Å². The van der Waals surface area contributed by atoms with Crippen LogP contribution in [0.2, 0.25) is 0 Å². The average molecular weight is 288 g/mol. The van der Waals surface area contributed by atoms with Gasteiger partial charge in [-0.05, 0) is 25.3 Å². The Morgan fingerprint density at radius 3 is 2.56 bits per heavy atom. The maximum Gasteiger partial charge on any atom is 0.0317 e. The molecule has 1 heterocycles. The zero-order valence-corrected chi connectivity index (χ0v) is 13.6. The van der Waals surface area contributed by atoms with Gasteiger partial charge in [0, 0.05) is 28.0 Å². The number of thioether (sulfide) groups is 2. The fourth-order valence-corrected chi connectivity index (χ4v) is 6.34. The van der Waals surface area contributed by atoms with Crippen LogP contribution in [0.1, 0.15) is 52.4 Å². The molecule has 0 aromatic heterocycles. The van der Waals surface area contributed by atoms with E-state index in [0.717, 1.165) is 22.5 Å². The molecule has 2 aliphatic rings. The van der Waals surface area contributed by atoms with Gasteiger partial charge in [0.1, 0.15) is 0 Å². The standard InChI is InChI=1S/C15H29NS2/c1-3-8-16-14(11-13-6-4-5-7-13)15-12(2)17-9-10-18-15/h12-16H,3-11H2,1-2H3. The number of rotatable bonds is 6. The van der Waals surface area contributed by atoms with E-state index in [-0.39, 0.29) is 0 Å². The first-order chi connectivity index (χ1) is 8.81. The minimum Gasteiger partial charge on any atom is -0.313 e. The van der Waals surface area contributed by atoms with Gasteiger partial charge < -0.3 is 5.32 Å². The fourth-order valence-electron chi connectivity index (χ4n) is 3.36. The van der Waals surface area contributed by atoms with Crippen molar-refractivity contribution in [2.45, 2.75) is 68.9 Å². The Morgan fingerprint density at radius 2 is 1.89 bits per heavy atom. The molecule has 1 nitrogen and oxygen atoms in total. The third-order valence-corrected chi connectivity index (χ3v) is 7.60. The van der Waals surface area contributed by atoms with Crippen molar-refractivity contribution in [2.75, 3.05) is 18.1 Å². The van der Waals surface area contributed by atoms with E-state index in [2.05, 4.69) is 42.7 Å². The molecule has 0 bridgehead atoms. The third kappa shape index (κ3) is 4.35. The maximum atomic E-state index is 3.86. The second kappa shape index (κ2) is 8.06. The molecule has 1 saturated heterocycles. The molecule has 0 aromatic carbocycles. The van der Waals surface area contributed by atoms with Gasteiger partial charge in [-0.1, -0.05) is 39.5 Å². The fraction of sp³-hybridized carbons (Fsp3) is 1.00. The van der Waals surface area contributed by atoms with Gasteiger partial charge in [0.2, 0.25) is 0 Å². The number of nitrogens with one attached hydrogen (secondary N) is 1. The predicted octanol–water partition coefficient (Wildman–Crippen LogP) is 4.17. The minimum absolute atomic E-state index is 0.765. The van der Waals surface area contributed by atoms with Gasteiger partial charge in [0.15, 0.2) is 0 Å². The zero-order chi connectivity index (χ0) is 12.8. The van der Waals surface area contributed by atoms with Crippen LogP contribution in [0.25, 0.3) is 0 Å². The van der Waals surface area contributed by atoms with Gasteiger partial charge in [-0.15, -0.1) is 0 Å². The highest BCUT2D eigenvalue weighted by molar-refractivity contribution is 8.07. The van der Waals surface area contributed by atoms with Crippen molar-refractivity contribution in [3.8, 4) is 0 Å². The van der Waals surface area contributed by atoms with Crippen LogP contribution in [0.15, 0.2) is 0 Å². The van der Waals surface area contributed by atoms with Gasteiger partial charge in [0.05, 0.1) is 0 Å². The summed E-state index contributed by atoms with van der Waals surface area (Å²) in [5, 5.41) is 5.54. The Balaban J connectivity index is 1.89. The Hall–Kier alpha value is 0.660. The van der Waals surface area contributed by atoms with Crippen LogP contribution in [0, 0.1) is 5.92 Å². The first-order valence-corrected chi connectivity index (χ1v) is 9.87. The number of hydrogen-bond acceptors (Lipinski definition) is 3. The Labute approximate surface area is 122 Å². The van der Waals surface area contributed by atoms with Crippen molar-refractivity contribution in [3.63, 3.8) is 0 Å². The van der Waals surface area contributed by atoms with Crippen LogP contribution in [-0.2, 0) is 0 Å². The van der Waals surface area contributed by atoms with Crippen molar-refractivity contribution < 1.29 is 0 Å². The second-order valence-corrected chi connectivity index (χ2v) is 8.63. The van der Waals surface area contributed by atoms with E-state index in [9.17, 15) is 0 Å². The molecule has 0 aromatic rings. The van der Waals surface area contributed by atoms with Crippen molar-refractivity contribution >= 4 is 23.5 Å². The smallest absolute Gasteiger partial charge is 0.0317 e. The lowest BCUT2D eigenvalue weighted by atomic mass is 9.95. The highest BCUT2D eigenvalue weighted by Gasteiger charge is 2.32. The lowest BCUT2D eigenvalue weighted by molar-refractivity contribution is 0.377. The maximum absolute atomic E-state index is 3.86. The summed E-state index contributed by atoms with van der Waals surface area (Å²) in [6.07, 6.45) is 8.63. The molecular formula is C15H29NS2. The van der Waals surface area contributed by atoms with Gasteiger partial charge in [-0.25, -0.2) is 0 Å². The average Bonchev–Trinajstić information content (AvgIpc) is 2.88. The molecule has 2 fully saturated rings. The van der Waals surface area contributed by atoms with Crippen molar-refractivity contribution in [1.29, 1.82) is 0 Å². The SMILES string of the molecule is CCCNC(CC1CCCC1)C1SCCSC1C. The number of hydrogen-bond donors (Lipinski definition) is 1. The van der Waals surface area contributed by atoms with Crippen LogP contribution >= 0.6 is 23.5 Å². The van der Waals surface area contributed by atoms with Crippen LogP contribution in [0.4, 0.5) is 0 Å². The topological polar surface area (TPSA) is 12.0 Å². The molecule has 2 rings (SSSR count). The highest BCUT2D eigenvalue weighted by Crippen LogP contribution is 2.37. The van der Waals surface area contributed by atoms with E-state index in [1.165, 1.54) is 56.6 Å². The summed E-state index contributed by atoms with van der Waals surface area (Å²) < 4.78 is 0. The molecule has 3 atom stereocenters. The van der Waals surface area contributed by atoms with Gasteiger partial charge in [0.25, 0.3) is 0 Å². The molecule has 18 heavy (non-hydrogen) atoms. The lowest BCUT2D eigenvalue weighted by Gasteiger charge is -2.36. The molecule has 1 aliphatic heterocycles. The zero-order valence-electron chi connectivity index (χ0n) is 12.0. The molecular weight excluding hydrogens is 258 g/mol. The third-order valence-electron chi connectivity index (χ3n) is 4.35. The largest absolute Gasteiger partial charge is 0.313 e. The molecule has 0 radical (unpaired) electrons. The monoisotopic (exact) mass is 287 g/mol. The first-order valence-electron chi connectivity index (χ1n) is 7.78. The summed E-state index contributed by atoms with van der Waals surface area (Å²) in [5.41, 5.74) is 0. The van der Waals surface area contributed by atoms with Crippen molar-refractivity contribution in [1.82, 2.24) is 5.32 Å². The van der Waals surface area contributed by atoms with Crippen molar-refractivity contribution in [2.24, 2.45) is 5.92 Å². The van der Waals surface area contributed by atoms with Crippen molar-refractivity contribution in [3.05, 3.63) is 0 Å². The van der Waals surface area contributed by atoms with Crippen LogP contribution in [0.5, 0.6) is 0 Å². The molecule has 106 valence electrons. The summed E-state index contributed by atoms with van der Waals surface area (Å²) in [5.74, 6) is 3.72. The summed E-state index contributed by atoms with van der Waals surface area (Å²) in [6, 6.07) is 0.765.